The van der Waals surface area contributed by atoms with Crippen LogP contribution in [0.2, 0.25) is 0 Å². The van der Waals surface area contributed by atoms with Gasteiger partial charge in [0.1, 0.15) is 5.82 Å². The van der Waals surface area contributed by atoms with Crippen molar-refractivity contribution in [3.63, 3.8) is 0 Å². The Morgan fingerprint density at radius 3 is 2.90 bits per heavy atom. The molecule has 1 saturated heterocycles. The van der Waals surface area contributed by atoms with E-state index >= 15 is 0 Å². The number of likely N-dealkylation sites (tertiary alicyclic amines) is 1. The molecule has 29 heavy (non-hydrogen) atoms. The van der Waals surface area contributed by atoms with Gasteiger partial charge in [-0.25, -0.2) is 4.98 Å². The van der Waals surface area contributed by atoms with Crippen LogP contribution in [0.25, 0.3) is 22.4 Å². The minimum atomic E-state index is -0.0915. The van der Waals surface area contributed by atoms with Gasteiger partial charge in [0.05, 0.1) is 11.0 Å². The molecular weight excluding hydrogens is 366 g/mol. The Hall–Kier alpha value is -2.93. The van der Waals surface area contributed by atoms with Gasteiger partial charge in [0, 0.05) is 50.4 Å². The number of aromatic amines is 1. The maximum atomic E-state index is 11.9. The zero-order valence-electron chi connectivity index (χ0n) is 16.9. The van der Waals surface area contributed by atoms with Crippen molar-refractivity contribution in [1.82, 2.24) is 19.4 Å². The number of hydrogen-bond acceptors (Lipinski definition) is 4. The molecule has 0 aliphatic carbocycles. The SMILES string of the molecule is CC(=O)N1CCCC(Cn2c(-c3c[nH]c(=O)c(C)c3)nc3ccc(CN)cc32)C1. The molecule has 3 heterocycles. The van der Waals surface area contributed by atoms with E-state index in [1.807, 2.05) is 23.1 Å². The summed E-state index contributed by atoms with van der Waals surface area (Å²) >= 11 is 0. The van der Waals surface area contributed by atoms with Crippen molar-refractivity contribution >= 4 is 16.9 Å². The minimum absolute atomic E-state index is 0.0915. The molecule has 0 bridgehead atoms. The first-order chi connectivity index (χ1) is 14.0. The number of carbonyl (C=O) groups excluding carboxylic acids is 1. The summed E-state index contributed by atoms with van der Waals surface area (Å²) in [5, 5.41) is 0. The molecule has 3 N–H and O–H groups in total. The molecule has 1 amide bonds. The number of pyridine rings is 1. The number of nitrogens with one attached hydrogen (secondary N) is 1. The summed E-state index contributed by atoms with van der Waals surface area (Å²) in [6.45, 7) is 6.26. The Balaban J connectivity index is 1.79. The zero-order valence-corrected chi connectivity index (χ0v) is 16.9. The van der Waals surface area contributed by atoms with Crippen LogP contribution in [0.1, 0.15) is 30.9 Å². The van der Waals surface area contributed by atoms with E-state index in [0.29, 0.717) is 18.0 Å². The van der Waals surface area contributed by atoms with E-state index in [1.54, 1.807) is 20.0 Å². The summed E-state index contributed by atoms with van der Waals surface area (Å²) < 4.78 is 2.22. The third kappa shape index (κ3) is 3.82. The summed E-state index contributed by atoms with van der Waals surface area (Å²) in [4.78, 5) is 33.3. The first-order valence-corrected chi connectivity index (χ1v) is 10.1. The number of fused-ring (bicyclic) bond motifs is 1. The number of aromatic nitrogens is 3. The van der Waals surface area contributed by atoms with Crippen LogP contribution in [0.4, 0.5) is 0 Å². The number of piperidine rings is 1. The fourth-order valence-electron chi connectivity index (χ4n) is 4.19. The van der Waals surface area contributed by atoms with E-state index in [1.165, 1.54) is 0 Å². The summed E-state index contributed by atoms with van der Waals surface area (Å²) in [6, 6.07) is 7.97. The number of hydrogen-bond donors (Lipinski definition) is 2. The molecule has 4 rings (SSSR count). The van der Waals surface area contributed by atoms with Crippen LogP contribution in [0, 0.1) is 12.8 Å². The molecule has 3 aromatic rings. The monoisotopic (exact) mass is 393 g/mol. The number of imidazole rings is 1. The predicted molar refractivity (Wildman–Crippen MR) is 113 cm³/mol. The Morgan fingerprint density at radius 2 is 2.17 bits per heavy atom. The average molecular weight is 393 g/mol. The van der Waals surface area contributed by atoms with Crippen molar-refractivity contribution in [3.05, 3.63) is 51.9 Å². The molecule has 0 saturated carbocycles. The zero-order chi connectivity index (χ0) is 20.5. The third-order valence-corrected chi connectivity index (χ3v) is 5.80. The number of nitrogens with two attached hydrogens (primary N) is 1. The van der Waals surface area contributed by atoms with E-state index in [2.05, 4.69) is 15.6 Å². The van der Waals surface area contributed by atoms with E-state index in [0.717, 1.165) is 60.5 Å². The lowest BCUT2D eigenvalue weighted by molar-refractivity contribution is -0.130. The molecular formula is C22H27N5O2. The maximum Gasteiger partial charge on any atom is 0.250 e. The highest BCUT2D eigenvalue weighted by Crippen LogP contribution is 2.28. The summed E-state index contributed by atoms with van der Waals surface area (Å²) in [6.07, 6.45) is 3.81. The van der Waals surface area contributed by atoms with Gasteiger partial charge in [-0.05, 0) is 49.4 Å². The molecule has 0 spiro atoms. The fraction of sp³-hybridized carbons (Fsp3) is 0.409. The molecule has 2 aromatic heterocycles. The van der Waals surface area contributed by atoms with E-state index in [9.17, 15) is 9.59 Å². The number of aryl methyl sites for hydroxylation is 1. The van der Waals surface area contributed by atoms with Gasteiger partial charge in [0.2, 0.25) is 5.91 Å². The Morgan fingerprint density at radius 1 is 1.34 bits per heavy atom. The van der Waals surface area contributed by atoms with Crippen molar-refractivity contribution in [2.75, 3.05) is 13.1 Å². The Kier molecular flexibility index (Phi) is 5.24. The van der Waals surface area contributed by atoms with Gasteiger partial charge >= 0.3 is 0 Å². The number of benzene rings is 1. The third-order valence-electron chi connectivity index (χ3n) is 5.80. The summed E-state index contributed by atoms with van der Waals surface area (Å²) in [5.41, 5.74) is 10.3. The number of carbonyl (C=O) groups is 1. The molecule has 0 radical (unpaired) electrons. The molecule has 7 nitrogen and oxygen atoms in total. The molecule has 152 valence electrons. The van der Waals surface area contributed by atoms with Crippen LogP contribution in [-0.4, -0.2) is 38.4 Å². The summed E-state index contributed by atoms with van der Waals surface area (Å²) in [5.74, 6) is 1.31. The van der Waals surface area contributed by atoms with Crippen LogP contribution in [-0.2, 0) is 17.9 Å². The van der Waals surface area contributed by atoms with Gasteiger partial charge in [-0.3, -0.25) is 9.59 Å². The topological polar surface area (TPSA) is 97.0 Å². The van der Waals surface area contributed by atoms with Gasteiger partial charge in [0.25, 0.3) is 5.56 Å². The van der Waals surface area contributed by atoms with Crippen LogP contribution in [0.15, 0.2) is 35.3 Å². The molecule has 7 heteroatoms. The number of H-pyrrole nitrogens is 1. The predicted octanol–water partition coefficient (Wildman–Crippen LogP) is 2.42. The highest BCUT2D eigenvalue weighted by atomic mass is 16.2. The van der Waals surface area contributed by atoms with Crippen molar-refractivity contribution in [2.24, 2.45) is 11.7 Å². The van der Waals surface area contributed by atoms with E-state index in [-0.39, 0.29) is 11.5 Å². The van der Waals surface area contributed by atoms with Gasteiger partial charge in [-0.2, -0.15) is 0 Å². The second kappa shape index (κ2) is 7.83. The molecule has 1 fully saturated rings. The van der Waals surface area contributed by atoms with Crippen molar-refractivity contribution in [1.29, 1.82) is 0 Å². The Labute approximate surface area is 169 Å². The van der Waals surface area contributed by atoms with E-state index < -0.39 is 0 Å². The molecule has 1 aliphatic rings. The quantitative estimate of drug-likeness (QED) is 0.711. The van der Waals surface area contributed by atoms with Crippen LogP contribution in [0.5, 0.6) is 0 Å². The highest BCUT2D eigenvalue weighted by molar-refractivity contribution is 5.81. The average Bonchev–Trinajstić information content (AvgIpc) is 3.07. The highest BCUT2D eigenvalue weighted by Gasteiger charge is 2.24. The molecule has 1 aromatic carbocycles. The standard InChI is InChI=1S/C22H27N5O2/c1-14-8-18(11-24-22(14)29)21-25-19-6-5-16(10-23)9-20(19)27(21)13-17-4-3-7-26(12-17)15(2)28/h5-6,8-9,11,17H,3-4,7,10,12-13,23H2,1-2H3,(H,24,29). The number of rotatable bonds is 4. The fourth-order valence-corrected chi connectivity index (χ4v) is 4.19. The van der Waals surface area contributed by atoms with Crippen LogP contribution < -0.4 is 11.3 Å². The van der Waals surface area contributed by atoms with Crippen molar-refractivity contribution in [2.45, 2.75) is 39.8 Å². The first kappa shape index (κ1) is 19.4. The minimum Gasteiger partial charge on any atom is -0.343 e. The lowest BCUT2D eigenvalue weighted by Crippen LogP contribution is -2.39. The normalized spacial score (nSPS) is 17.1. The maximum absolute atomic E-state index is 11.9. The number of amides is 1. The van der Waals surface area contributed by atoms with E-state index in [4.69, 9.17) is 10.7 Å². The first-order valence-electron chi connectivity index (χ1n) is 10.1. The second-order valence-electron chi connectivity index (χ2n) is 7.95. The smallest absolute Gasteiger partial charge is 0.250 e. The largest absolute Gasteiger partial charge is 0.343 e. The Bertz CT molecular complexity index is 1110. The molecule has 1 aliphatic heterocycles. The van der Waals surface area contributed by atoms with Gasteiger partial charge in [0.15, 0.2) is 0 Å². The molecule has 1 atom stereocenters. The van der Waals surface area contributed by atoms with Crippen LogP contribution >= 0.6 is 0 Å². The van der Waals surface area contributed by atoms with Crippen molar-refractivity contribution in [3.8, 4) is 11.4 Å². The van der Waals surface area contributed by atoms with Crippen molar-refractivity contribution < 1.29 is 4.79 Å². The number of nitrogens with zero attached hydrogens (tertiary/aromatic N) is 3. The molecule has 1 unspecified atom stereocenters. The lowest BCUT2D eigenvalue weighted by Gasteiger charge is -2.32. The van der Waals surface area contributed by atoms with Gasteiger partial charge in [-0.15, -0.1) is 0 Å². The second-order valence-corrected chi connectivity index (χ2v) is 7.95. The van der Waals surface area contributed by atoms with Gasteiger partial charge in [-0.1, -0.05) is 6.07 Å². The lowest BCUT2D eigenvalue weighted by atomic mass is 9.97. The summed E-state index contributed by atoms with van der Waals surface area (Å²) in [7, 11) is 0. The van der Waals surface area contributed by atoms with Gasteiger partial charge < -0.3 is 20.2 Å². The van der Waals surface area contributed by atoms with Crippen LogP contribution in [0.3, 0.4) is 0 Å².